The number of Topliss-reactive ketones (excluding diaryl/α,β-unsaturated/α-hetero) is 1. The van der Waals surface area contributed by atoms with Crippen molar-refractivity contribution in [3.63, 3.8) is 0 Å². The van der Waals surface area contributed by atoms with Gasteiger partial charge < -0.3 is 11.1 Å². The Morgan fingerprint density at radius 2 is 1.67 bits per heavy atom. The third-order valence-electron chi connectivity index (χ3n) is 3.80. The van der Waals surface area contributed by atoms with Crippen molar-refractivity contribution in [2.75, 3.05) is 11.1 Å². The second-order valence-electron chi connectivity index (χ2n) is 5.52. The van der Waals surface area contributed by atoms with Crippen molar-refractivity contribution < 1.29 is 14.2 Å². The molecule has 2 aromatic carbocycles. The normalized spacial score (nSPS) is 12.7. The quantitative estimate of drug-likeness (QED) is 0.656. The molecule has 0 unspecified atom stereocenters. The van der Waals surface area contributed by atoms with E-state index in [1.165, 1.54) is 0 Å². The van der Waals surface area contributed by atoms with E-state index in [-0.39, 0.29) is 11.7 Å². The minimum Gasteiger partial charge on any atom is -0.399 e. The van der Waals surface area contributed by atoms with Crippen LogP contribution in [0.2, 0.25) is 0 Å². The van der Waals surface area contributed by atoms with Gasteiger partial charge in [0, 0.05) is 35.5 Å². The predicted molar refractivity (Wildman–Crippen MR) is 94.6 cm³/mol. The first-order chi connectivity index (χ1) is 11.6. The van der Waals surface area contributed by atoms with E-state index < -0.39 is 0 Å². The molecule has 0 aromatic heterocycles. The van der Waals surface area contributed by atoms with Gasteiger partial charge in [-0.3, -0.25) is 9.59 Å². The Balaban J connectivity index is 1.64. The number of nitrogens with one attached hydrogen (secondary N) is 1. The number of hydrogen-bond donors (Lipinski definition) is 2. The van der Waals surface area contributed by atoms with Gasteiger partial charge in [-0.15, -0.1) is 0 Å². The monoisotopic (exact) mass is 320 g/mol. The summed E-state index contributed by atoms with van der Waals surface area (Å²) in [5.74, 6) is -0.0485. The van der Waals surface area contributed by atoms with Gasteiger partial charge >= 0.3 is 0 Å². The molecular formula is C19H18N3O2+. The molecule has 0 radical (unpaired) electrons. The Morgan fingerprint density at radius 1 is 1.04 bits per heavy atom. The zero-order valence-electron chi connectivity index (χ0n) is 13.3. The number of nitrogen functional groups attached to an aromatic ring is 1. The summed E-state index contributed by atoms with van der Waals surface area (Å²) < 4.78 is 1.88. The fourth-order valence-electron chi connectivity index (χ4n) is 2.34. The van der Waals surface area contributed by atoms with Crippen molar-refractivity contribution in [2.24, 2.45) is 0 Å². The van der Waals surface area contributed by atoms with Crippen molar-refractivity contribution in [3.8, 4) is 0 Å². The minimum atomic E-state index is -0.186. The molecule has 0 saturated heterocycles. The number of rotatable bonds is 5. The van der Waals surface area contributed by atoms with Crippen LogP contribution in [0.25, 0.3) is 0 Å². The van der Waals surface area contributed by atoms with E-state index in [9.17, 15) is 9.59 Å². The highest BCUT2D eigenvalue weighted by atomic mass is 16.1. The van der Waals surface area contributed by atoms with Crippen LogP contribution in [0.15, 0.2) is 60.3 Å². The van der Waals surface area contributed by atoms with Crippen LogP contribution in [0.4, 0.5) is 17.1 Å². The average Bonchev–Trinajstić information content (AvgIpc) is 2.55. The number of allylic oxidation sites excluding steroid dienone is 1. The van der Waals surface area contributed by atoms with Gasteiger partial charge in [0.05, 0.1) is 0 Å². The van der Waals surface area contributed by atoms with E-state index in [0.29, 0.717) is 23.4 Å². The Labute approximate surface area is 140 Å². The summed E-state index contributed by atoms with van der Waals surface area (Å²) in [5.41, 5.74) is 9.16. The zero-order chi connectivity index (χ0) is 17.1. The third kappa shape index (κ3) is 3.25. The number of anilines is 2. The largest absolute Gasteiger partial charge is 0.399 e. The van der Waals surface area contributed by atoms with E-state index in [4.69, 9.17) is 5.73 Å². The van der Waals surface area contributed by atoms with E-state index in [1.807, 2.05) is 48.2 Å². The topological polar surface area (TPSA) is 75.2 Å². The fourth-order valence-corrected chi connectivity index (χ4v) is 2.34. The van der Waals surface area contributed by atoms with Gasteiger partial charge in [-0.25, -0.2) is 0 Å². The molecule has 0 spiro atoms. The number of ketones is 1. The molecule has 2 aromatic rings. The van der Waals surface area contributed by atoms with E-state index in [2.05, 4.69) is 5.32 Å². The van der Waals surface area contributed by atoms with Gasteiger partial charge in [0.25, 0.3) is 5.91 Å². The molecule has 24 heavy (non-hydrogen) atoms. The van der Waals surface area contributed by atoms with Gasteiger partial charge in [0.15, 0.2) is 18.2 Å². The molecule has 0 fully saturated rings. The van der Waals surface area contributed by atoms with Crippen LogP contribution in [0, 0.1) is 0 Å². The van der Waals surface area contributed by atoms with Gasteiger partial charge in [-0.05, 0) is 36.4 Å². The van der Waals surface area contributed by atoms with Crippen LogP contribution in [0.1, 0.15) is 23.7 Å². The SMILES string of the molecule is CCC(=O)C1=C[N+](c2ccc(NC(=O)c3ccc(N)cc3)cc2)=C1. The van der Waals surface area contributed by atoms with Gasteiger partial charge in [0.2, 0.25) is 5.69 Å². The first-order valence-electron chi connectivity index (χ1n) is 7.72. The molecule has 0 saturated carbocycles. The van der Waals surface area contributed by atoms with Crippen LogP contribution >= 0.6 is 0 Å². The summed E-state index contributed by atoms with van der Waals surface area (Å²) in [5, 5.41) is 2.84. The molecule has 0 bridgehead atoms. The lowest BCUT2D eigenvalue weighted by atomic mass is 10.1. The maximum Gasteiger partial charge on any atom is 0.255 e. The second-order valence-corrected chi connectivity index (χ2v) is 5.52. The van der Waals surface area contributed by atoms with Crippen molar-refractivity contribution in [2.45, 2.75) is 13.3 Å². The summed E-state index contributed by atoms with van der Waals surface area (Å²) in [7, 11) is 0. The molecule has 5 nitrogen and oxygen atoms in total. The molecule has 3 N–H and O–H groups in total. The van der Waals surface area contributed by atoms with Crippen molar-refractivity contribution >= 4 is 35.0 Å². The van der Waals surface area contributed by atoms with Crippen LogP contribution in [0.5, 0.6) is 0 Å². The minimum absolute atomic E-state index is 0.138. The standard InChI is InChI=1S/C19H17N3O2/c1-2-18(23)14-11-22(12-14)17-9-7-16(8-10-17)21-19(24)13-3-5-15(20)6-4-13/h3-12H,2H2,1H3,(H2-,20,21,24)/p+1. The average molecular weight is 320 g/mol. The maximum atomic E-state index is 12.1. The molecule has 0 aliphatic carbocycles. The lowest BCUT2D eigenvalue weighted by Crippen LogP contribution is -2.18. The van der Waals surface area contributed by atoms with Crippen LogP contribution in [-0.4, -0.2) is 22.5 Å². The number of carbonyl (C=O) groups excluding carboxylic acids is 2. The number of nitrogens with zero attached hydrogens (tertiary/aromatic N) is 1. The summed E-state index contributed by atoms with van der Waals surface area (Å²) in [6, 6.07) is 14.2. The Kier molecular flexibility index (Phi) is 4.24. The summed E-state index contributed by atoms with van der Waals surface area (Å²) >= 11 is 0. The maximum absolute atomic E-state index is 12.1. The molecule has 120 valence electrons. The van der Waals surface area contributed by atoms with Gasteiger partial charge in [-0.1, -0.05) is 6.92 Å². The van der Waals surface area contributed by atoms with E-state index in [1.54, 1.807) is 24.3 Å². The summed E-state index contributed by atoms with van der Waals surface area (Å²) in [6.07, 6.45) is 4.13. The Morgan fingerprint density at radius 3 is 2.25 bits per heavy atom. The molecule has 3 rings (SSSR count). The van der Waals surface area contributed by atoms with Crippen LogP contribution < -0.4 is 11.1 Å². The number of carbonyl (C=O) groups is 2. The number of benzene rings is 2. The Hall–Kier alpha value is -3.21. The smallest absolute Gasteiger partial charge is 0.255 e. The lowest BCUT2D eigenvalue weighted by Gasteiger charge is -2.08. The highest BCUT2D eigenvalue weighted by molar-refractivity contribution is 6.13. The fraction of sp³-hybridized carbons (Fsp3) is 0.105. The highest BCUT2D eigenvalue weighted by Crippen LogP contribution is 2.21. The van der Waals surface area contributed by atoms with Crippen molar-refractivity contribution in [1.29, 1.82) is 0 Å². The molecule has 1 aliphatic heterocycles. The summed E-state index contributed by atoms with van der Waals surface area (Å²) in [6.45, 7) is 1.85. The van der Waals surface area contributed by atoms with Crippen LogP contribution in [-0.2, 0) is 4.79 Å². The predicted octanol–water partition coefficient (Wildman–Crippen LogP) is 3.11. The molecule has 1 heterocycles. The molecule has 1 aliphatic rings. The van der Waals surface area contributed by atoms with E-state index >= 15 is 0 Å². The molecular weight excluding hydrogens is 302 g/mol. The number of nitrogens with two attached hydrogens (primary N) is 1. The first kappa shape index (κ1) is 15.7. The molecule has 5 heteroatoms. The highest BCUT2D eigenvalue weighted by Gasteiger charge is 2.23. The molecule has 1 amide bonds. The number of amides is 1. The van der Waals surface area contributed by atoms with Gasteiger partial charge in [-0.2, -0.15) is 4.58 Å². The van der Waals surface area contributed by atoms with Crippen LogP contribution in [0.3, 0.4) is 0 Å². The van der Waals surface area contributed by atoms with Crippen molar-refractivity contribution in [1.82, 2.24) is 0 Å². The number of hydrogen-bond acceptors (Lipinski definition) is 3. The Bertz CT molecular complexity index is 847. The zero-order valence-corrected chi connectivity index (χ0v) is 13.3. The summed E-state index contributed by atoms with van der Waals surface area (Å²) in [4.78, 5) is 23.7. The molecule has 0 atom stereocenters. The third-order valence-corrected chi connectivity index (χ3v) is 3.80. The first-order valence-corrected chi connectivity index (χ1v) is 7.72. The lowest BCUT2D eigenvalue weighted by molar-refractivity contribution is -0.366. The van der Waals surface area contributed by atoms with Gasteiger partial charge in [0.1, 0.15) is 5.57 Å². The van der Waals surface area contributed by atoms with E-state index in [0.717, 1.165) is 11.3 Å². The van der Waals surface area contributed by atoms with Crippen molar-refractivity contribution in [3.05, 3.63) is 65.9 Å². The second kappa shape index (κ2) is 6.50.